The molecule has 1 aliphatic rings. The Balaban J connectivity index is 2.09. The van der Waals surface area contributed by atoms with Crippen LogP contribution in [0.5, 0.6) is 5.88 Å². The number of hydrogen-bond donors (Lipinski definition) is 1. The summed E-state index contributed by atoms with van der Waals surface area (Å²) in [4.78, 5) is 28.9. The zero-order valence-electron chi connectivity index (χ0n) is 15.9. The van der Waals surface area contributed by atoms with Gasteiger partial charge in [-0.1, -0.05) is 13.0 Å². The topological polar surface area (TPSA) is 92.7 Å². The summed E-state index contributed by atoms with van der Waals surface area (Å²) >= 11 is 0. The fourth-order valence-corrected chi connectivity index (χ4v) is 3.49. The van der Waals surface area contributed by atoms with Gasteiger partial charge in [-0.2, -0.15) is 5.10 Å². The number of aromatic nitrogens is 3. The molecule has 0 bridgehead atoms. The van der Waals surface area contributed by atoms with Gasteiger partial charge in [-0.3, -0.25) is 23.9 Å². The van der Waals surface area contributed by atoms with Crippen molar-refractivity contribution < 1.29 is 5.11 Å². The van der Waals surface area contributed by atoms with Crippen LogP contribution in [0.4, 0.5) is 0 Å². The monoisotopic (exact) mass is 371 g/mol. The van der Waals surface area contributed by atoms with Crippen LogP contribution in [0.1, 0.15) is 49.8 Å². The van der Waals surface area contributed by atoms with Crippen molar-refractivity contribution in [1.82, 2.24) is 19.1 Å². The van der Waals surface area contributed by atoms with Gasteiger partial charge in [-0.15, -0.1) is 0 Å². The van der Waals surface area contributed by atoms with E-state index in [1.807, 2.05) is 30.3 Å². The fourth-order valence-electron chi connectivity index (χ4n) is 3.49. The average molecular weight is 371 g/mol. The molecule has 3 heterocycles. The molecule has 0 saturated carbocycles. The summed E-state index contributed by atoms with van der Waals surface area (Å²) in [5.41, 5.74) is 0.528. The maximum Gasteiger partial charge on any atom is 0.333 e. The molecule has 0 unspecified atom stereocenters. The summed E-state index contributed by atoms with van der Waals surface area (Å²) in [6.45, 7) is 2.64. The second-order valence-electron chi connectivity index (χ2n) is 6.77. The highest BCUT2D eigenvalue weighted by Crippen LogP contribution is 2.31. The molecule has 1 saturated heterocycles. The molecule has 8 nitrogen and oxygen atoms in total. The summed E-state index contributed by atoms with van der Waals surface area (Å²) in [7, 11) is 2.84. The van der Waals surface area contributed by atoms with Crippen LogP contribution in [0.3, 0.4) is 0 Å². The Kier molecular flexibility index (Phi) is 5.43. The number of hydrazone groups is 1. The van der Waals surface area contributed by atoms with E-state index >= 15 is 0 Å². The van der Waals surface area contributed by atoms with Crippen molar-refractivity contribution in [3.63, 3.8) is 0 Å². The van der Waals surface area contributed by atoms with E-state index < -0.39 is 11.2 Å². The lowest BCUT2D eigenvalue weighted by molar-refractivity contribution is 0.154. The van der Waals surface area contributed by atoms with Gasteiger partial charge in [0.05, 0.1) is 11.8 Å². The van der Waals surface area contributed by atoms with Crippen LogP contribution in [-0.2, 0) is 14.1 Å². The second kappa shape index (κ2) is 7.77. The van der Waals surface area contributed by atoms with Crippen molar-refractivity contribution in [1.29, 1.82) is 0 Å². The molecule has 1 atom stereocenters. The minimum atomic E-state index is -0.567. The van der Waals surface area contributed by atoms with Crippen molar-refractivity contribution in [3.8, 4) is 5.88 Å². The largest absolute Gasteiger partial charge is 0.494 e. The van der Waals surface area contributed by atoms with Crippen molar-refractivity contribution in [2.75, 3.05) is 6.54 Å². The number of aromatic hydroxyl groups is 1. The lowest BCUT2D eigenvalue weighted by atomic mass is 9.98. The molecular formula is C19H25N5O3. The van der Waals surface area contributed by atoms with Crippen molar-refractivity contribution in [2.45, 2.75) is 38.6 Å². The normalized spacial score (nSPS) is 18.0. The van der Waals surface area contributed by atoms with Gasteiger partial charge in [0.1, 0.15) is 5.56 Å². The summed E-state index contributed by atoms with van der Waals surface area (Å²) in [6, 6.07) is 4.01. The van der Waals surface area contributed by atoms with E-state index in [-0.39, 0.29) is 17.5 Å². The third-order valence-electron chi connectivity index (χ3n) is 5.05. The van der Waals surface area contributed by atoms with E-state index in [4.69, 9.17) is 5.10 Å². The molecule has 1 fully saturated rings. The van der Waals surface area contributed by atoms with Crippen molar-refractivity contribution in [3.05, 3.63) is 56.5 Å². The van der Waals surface area contributed by atoms with Crippen LogP contribution in [0.25, 0.3) is 0 Å². The lowest BCUT2D eigenvalue weighted by Crippen LogP contribution is -2.40. The van der Waals surface area contributed by atoms with E-state index in [0.29, 0.717) is 12.1 Å². The minimum absolute atomic E-state index is 0.0764. The first-order chi connectivity index (χ1) is 13.0. The Morgan fingerprint density at radius 3 is 2.74 bits per heavy atom. The van der Waals surface area contributed by atoms with Crippen molar-refractivity contribution in [2.24, 2.45) is 19.2 Å². The van der Waals surface area contributed by atoms with Gasteiger partial charge in [0.2, 0.25) is 5.88 Å². The minimum Gasteiger partial charge on any atom is -0.494 e. The van der Waals surface area contributed by atoms with Crippen LogP contribution in [-0.4, -0.2) is 36.5 Å². The van der Waals surface area contributed by atoms with Crippen LogP contribution in [0.2, 0.25) is 0 Å². The van der Waals surface area contributed by atoms with Crippen molar-refractivity contribution >= 4 is 5.71 Å². The Bertz CT molecular complexity index is 962. The molecule has 2 aromatic heterocycles. The quantitative estimate of drug-likeness (QED) is 0.823. The lowest BCUT2D eigenvalue weighted by Gasteiger charge is -2.34. The number of nitrogens with zero attached hydrogens (tertiary/aromatic N) is 5. The molecule has 0 aliphatic carbocycles. The van der Waals surface area contributed by atoms with Crippen LogP contribution in [0.15, 0.2) is 39.2 Å². The fraction of sp³-hybridized carbons (Fsp3) is 0.474. The van der Waals surface area contributed by atoms with Gasteiger partial charge in [0.25, 0.3) is 5.56 Å². The molecule has 2 aromatic rings. The standard InChI is InChI=1S/C19H25N5O3/c1-4-14(16-17(25)22(2)19(27)23(3)18(16)26)21-24-11-6-5-9-15(24)13-8-7-10-20-12-13/h7-8,10,12,15,25H,4-6,9,11H2,1-3H3/t15-/m1/s1. The Labute approximate surface area is 157 Å². The summed E-state index contributed by atoms with van der Waals surface area (Å²) < 4.78 is 2.06. The Morgan fingerprint density at radius 2 is 2.07 bits per heavy atom. The molecule has 27 heavy (non-hydrogen) atoms. The van der Waals surface area contributed by atoms with Crippen LogP contribution in [0, 0.1) is 0 Å². The zero-order chi connectivity index (χ0) is 19.6. The third-order valence-corrected chi connectivity index (χ3v) is 5.05. The number of pyridine rings is 1. The van der Waals surface area contributed by atoms with Gasteiger partial charge < -0.3 is 5.11 Å². The SMILES string of the molecule is CCC(=NN1CCCC[C@@H]1c1cccnc1)c1c(O)n(C)c(=O)n(C)c1=O. The highest BCUT2D eigenvalue weighted by molar-refractivity contribution is 6.01. The van der Waals surface area contributed by atoms with Gasteiger partial charge in [-0.05, 0) is 37.3 Å². The first-order valence-electron chi connectivity index (χ1n) is 9.19. The molecule has 0 amide bonds. The predicted molar refractivity (Wildman–Crippen MR) is 103 cm³/mol. The Morgan fingerprint density at radius 1 is 1.30 bits per heavy atom. The highest BCUT2D eigenvalue weighted by atomic mass is 16.3. The predicted octanol–water partition coefficient (Wildman–Crippen LogP) is 1.53. The van der Waals surface area contributed by atoms with Gasteiger partial charge in [0.15, 0.2) is 0 Å². The molecule has 0 radical (unpaired) electrons. The summed E-state index contributed by atoms with van der Waals surface area (Å²) in [5, 5.41) is 17.2. The maximum atomic E-state index is 12.6. The number of piperidine rings is 1. The molecule has 0 spiro atoms. The molecule has 144 valence electrons. The van der Waals surface area contributed by atoms with Crippen LogP contribution >= 0.6 is 0 Å². The van der Waals surface area contributed by atoms with Crippen LogP contribution < -0.4 is 11.2 Å². The average Bonchev–Trinajstić information content (AvgIpc) is 2.71. The maximum absolute atomic E-state index is 12.6. The molecule has 8 heteroatoms. The highest BCUT2D eigenvalue weighted by Gasteiger charge is 2.25. The zero-order valence-corrected chi connectivity index (χ0v) is 15.9. The van der Waals surface area contributed by atoms with Gasteiger partial charge in [-0.25, -0.2) is 4.79 Å². The summed E-state index contributed by atoms with van der Waals surface area (Å²) in [6.07, 6.45) is 7.09. The van der Waals surface area contributed by atoms with E-state index in [1.54, 1.807) is 6.20 Å². The number of hydrogen-bond acceptors (Lipinski definition) is 6. The first-order valence-corrected chi connectivity index (χ1v) is 9.19. The third kappa shape index (κ3) is 3.51. The number of rotatable bonds is 4. The Hall–Kier alpha value is -2.90. The molecule has 3 rings (SSSR count). The first kappa shape index (κ1) is 18.9. The molecule has 1 aliphatic heterocycles. The van der Waals surface area contributed by atoms with E-state index in [2.05, 4.69) is 4.98 Å². The molecular weight excluding hydrogens is 346 g/mol. The summed E-state index contributed by atoms with van der Waals surface area (Å²) in [5.74, 6) is -0.348. The van der Waals surface area contributed by atoms with Gasteiger partial charge in [0, 0.05) is 33.0 Å². The smallest absolute Gasteiger partial charge is 0.333 e. The van der Waals surface area contributed by atoms with E-state index in [1.165, 1.54) is 14.1 Å². The second-order valence-corrected chi connectivity index (χ2v) is 6.77. The molecule has 0 aromatic carbocycles. The van der Waals surface area contributed by atoms with Gasteiger partial charge >= 0.3 is 5.69 Å². The molecule has 1 N–H and O–H groups in total. The van der Waals surface area contributed by atoms with E-state index in [0.717, 1.165) is 40.5 Å². The van der Waals surface area contributed by atoms with E-state index in [9.17, 15) is 14.7 Å².